The number of anilines is 1. The van der Waals surface area contributed by atoms with E-state index >= 15 is 0 Å². The van der Waals surface area contributed by atoms with Crippen LogP contribution in [-0.4, -0.2) is 7.11 Å². The van der Waals surface area contributed by atoms with Crippen LogP contribution in [0.1, 0.15) is 25.3 Å². The van der Waals surface area contributed by atoms with E-state index < -0.39 is 0 Å². The molecule has 0 aliphatic heterocycles. The molecule has 0 unspecified atom stereocenters. The van der Waals surface area contributed by atoms with Crippen LogP contribution in [0, 0.1) is 0 Å². The topological polar surface area (TPSA) is 35.2 Å². The standard InChI is InChI=1S/C20H21NOS/c1-13(2)17-18(15-10-7-11-16(12-15)22-3)20(21)23-19(17)14-8-5-4-6-9-14/h4-13H,21H2,1-3H3. The van der Waals surface area contributed by atoms with Crippen LogP contribution in [-0.2, 0) is 0 Å². The van der Waals surface area contributed by atoms with Gasteiger partial charge in [0.2, 0.25) is 0 Å². The summed E-state index contributed by atoms with van der Waals surface area (Å²) in [5.41, 5.74) is 11.2. The van der Waals surface area contributed by atoms with E-state index in [1.807, 2.05) is 18.2 Å². The van der Waals surface area contributed by atoms with Gasteiger partial charge in [-0.2, -0.15) is 0 Å². The average Bonchev–Trinajstić information content (AvgIpc) is 2.93. The Bertz CT molecular complexity index is 806. The lowest BCUT2D eigenvalue weighted by Crippen LogP contribution is -1.94. The van der Waals surface area contributed by atoms with Gasteiger partial charge in [-0.05, 0) is 34.7 Å². The number of ether oxygens (including phenoxy) is 1. The SMILES string of the molecule is COc1cccc(-c2c(N)sc(-c3ccccc3)c2C(C)C)c1. The maximum Gasteiger partial charge on any atom is 0.119 e. The van der Waals surface area contributed by atoms with Gasteiger partial charge in [-0.3, -0.25) is 0 Å². The van der Waals surface area contributed by atoms with E-state index in [2.05, 4.69) is 50.2 Å². The minimum absolute atomic E-state index is 0.389. The highest BCUT2D eigenvalue weighted by Gasteiger charge is 2.21. The molecule has 0 saturated heterocycles. The summed E-state index contributed by atoms with van der Waals surface area (Å²) in [6.45, 7) is 4.44. The minimum atomic E-state index is 0.389. The molecule has 118 valence electrons. The minimum Gasteiger partial charge on any atom is -0.497 e. The lowest BCUT2D eigenvalue weighted by Gasteiger charge is -2.13. The number of rotatable bonds is 4. The smallest absolute Gasteiger partial charge is 0.119 e. The van der Waals surface area contributed by atoms with Gasteiger partial charge in [0.05, 0.1) is 12.1 Å². The fourth-order valence-corrected chi connectivity index (χ4v) is 4.14. The van der Waals surface area contributed by atoms with Gasteiger partial charge in [-0.1, -0.05) is 56.3 Å². The van der Waals surface area contributed by atoms with Gasteiger partial charge < -0.3 is 10.5 Å². The molecule has 1 heterocycles. The number of benzene rings is 2. The molecule has 0 fully saturated rings. The molecule has 2 nitrogen and oxygen atoms in total. The normalized spacial score (nSPS) is 11.0. The molecular formula is C20H21NOS. The van der Waals surface area contributed by atoms with Crippen molar-refractivity contribution in [3.63, 3.8) is 0 Å². The van der Waals surface area contributed by atoms with Crippen LogP contribution >= 0.6 is 11.3 Å². The van der Waals surface area contributed by atoms with Gasteiger partial charge >= 0.3 is 0 Å². The summed E-state index contributed by atoms with van der Waals surface area (Å²) in [5.74, 6) is 1.24. The molecule has 0 bridgehead atoms. The molecule has 2 aromatic carbocycles. The molecule has 0 aliphatic rings. The summed E-state index contributed by atoms with van der Waals surface area (Å²) in [5, 5.41) is 0.862. The summed E-state index contributed by atoms with van der Waals surface area (Å²) in [6.07, 6.45) is 0. The molecule has 3 rings (SSSR count). The Balaban J connectivity index is 2.23. The lowest BCUT2D eigenvalue weighted by molar-refractivity contribution is 0.415. The molecular weight excluding hydrogens is 302 g/mol. The van der Waals surface area contributed by atoms with E-state index in [0.717, 1.165) is 21.9 Å². The van der Waals surface area contributed by atoms with Crippen molar-refractivity contribution < 1.29 is 4.74 Å². The van der Waals surface area contributed by atoms with E-state index in [0.29, 0.717) is 5.92 Å². The predicted molar refractivity (Wildman–Crippen MR) is 100 cm³/mol. The molecule has 0 radical (unpaired) electrons. The Hall–Kier alpha value is -2.26. The van der Waals surface area contributed by atoms with E-state index in [4.69, 9.17) is 10.5 Å². The highest BCUT2D eigenvalue weighted by atomic mass is 32.1. The van der Waals surface area contributed by atoms with E-state index in [9.17, 15) is 0 Å². The average molecular weight is 323 g/mol. The van der Waals surface area contributed by atoms with Crippen LogP contribution < -0.4 is 10.5 Å². The quantitative estimate of drug-likeness (QED) is 0.659. The third-order valence-corrected chi connectivity index (χ3v) is 5.03. The molecule has 2 N–H and O–H groups in total. The van der Waals surface area contributed by atoms with Crippen molar-refractivity contribution in [2.75, 3.05) is 12.8 Å². The first-order valence-corrected chi connectivity index (χ1v) is 8.55. The maximum absolute atomic E-state index is 6.42. The van der Waals surface area contributed by atoms with Crippen molar-refractivity contribution in [3.8, 4) is 27.3 Å². The van der Waals surface area contributed by atoms with Crippen LogP contribution in [0.4, 0.5) is 5.00 Å². The van der Waals surface area contributed by atoms with Crippen molar-refractivity contribution >= 4 is 16.3 Å². The maximum atomic E-state index is 6.42. The van der Waals surface area contributed by atoms with Crippen molar-refractivity contribution in [1.82, 2.24) is 0 Å². The number of hydrogen-bond donors (Lipinski definition) is 1. The number of nitrogen functional groups attached to an aromatic ring is 1. The van der Waals surface area contributed by atoms with E-state index in [1.165, 1.54) is 16.0 Å². The Morgan fingerprint density at radius 1 is 0.957 bits per heavy atom. The van der Waals surface area contributed by atoms with Crippen molar-refractivity contribution in [3.05, 3.63) is 60.2 Å². The van der Waals surface area contributed by atoms with Crippen LogP contribution in [0.3, 0.4) is 0 Å². The van der Waals surface area contributed by atoms with Crippen molar-refractivity contribution in [1.29, 1.82) is 0 Å². The van der Waals surface area contributed by atoms with Crippen LogP contribution in [0.2, 0.25) is 0 Å². The fraction of sp³-hybridized carbons (Fsp3) is 0.200. The summed E-state index contributed by atoms with van der Waals surface area (Å²) >= 11 is 1.67. The second-order valence-electron chi connectivity index (χ2n) is 5.84. The second-order valence-corrected chi connectivity index (χ2v) is 6.89. The molecule has 23 heavy (non-hydrogen) atoms. The van der Waals surface area contributed by atoms with Crippen molar-refractivity contribution in [2.45, 2.75) is 19.8 Å². The second kappa shape index (κ2) is 6.47. The summed E-state index contributed by atoms with van der Waals surface area (Å²) in [4.78, 5) is 1.26. The molecule has 0 aliphatic carbocycles. The fourth-order valence-electron chi connectivity index (χ4n) is 2.89. The zero-order valence-electron chi connectivity index (χ0n) is 13.7. The van der Waals surface area contributed by atoms with Gasteiger partial charge in [-0.25, -0.2) is 0 Å². The predicted octanol–water partition coefficient (Wildman–Crippen LogP) is 5.80. The Morgan fingerprint density at radius 3 is 2.30 bits per heavy atom. The molecule has 0 amide bonds. The summed E-state index contributed by atoms with van der Waals surface area (Å²) in [7, 11) is 1.69. The van der Waals surface area contributed by atoms with Gasteiger partial charge in [0.15, 0.2) is 0 Å². The van der Waals surface area contributed by atoms with Crippen LogP contribution in [0.5, 0.6) is 5.75 Å². The first-order valence-electron chi connectivity index (χ1n) is 7.73. The largest absolute Gasteiger partial charge is 0.497 e. The third-order valence-electron chi connectivity index (χ3n) is 3.94. The summed E-state index contributed by atoms with van der Waals surface area (Å²) < 4.78 is 5.37. The van der Waals surface area contributed by atoms with E-state index in [-0.39, 0.29) is 0 Å². The summed E-state index contributed by atoms with van der Waals surface area (Å²) in [6, 6.07) is 18.6. The monoisotopic (exact) mass is 323 g/mol. The number of nitrogens with two attached hydrogens (primary N) is 1. The molecule has 0 spiro atoms. The van der Waals surface area contributed by atoms with Crippen LogP contribution in [0.25, 0.3) is 21.6 Å². The number of hydrogen-bond acceptors (Lipinski definition) is 3. The molecule has 3 heteroatoms. The number of thiophene rings is 1. The van der Waals surface area contributed by atoms with Gasteiger partial charge in [0, 0.05) is 10.4 Å². The first kappa shape index (κ1) is 15.6. The Labute approximate surface area is 141 Å². The lowest BCUT2D eigenvalue weighted by atomic mass is 9.92. The van der Waals surface area contributed by atoms with Crippen molar-refractivity contribution in [2.24, 2.45) is 0 Å². The first-order chi connectivity index (χ1) is 11.1. The van der Waals surface area contributed by atoms with E-state index in [1.54, 1.807) is 18.4 Å². The number of methoxy groups -OCH3 is 1. The Kier molecular flexibility index (Phi) is 4.39. The molecule has 0 saturated carbocycles. The van der Waals surface area contributed by atoms with Gasteiger partial charge in [-0.15, -0.1) is 11.3 Å². The zero-order valence-corrected chi connectivity index (χ0v) is 14.5. The molecule has 1 aromatic heterocycles. The highest BCUT2D eigenvalue weighted by molar-refractivity contribution is 7.20. The zero-order chi connectivity index (χ0) is 16.4. The van der Waals surface area contributed by atoms with Crippen LogP contribution in [0.15, 0.2) is 54.6 Å². The molecule has 0 atom stereocenters. The highest BCUT2D eigenvalue weighted by Crippen LogP contribution is 2.47. The third kappa shape index (κ3) is 2.97. The van der Waals surface area contributed by atoms with Gasteiger partial charge in [0.1, 0.15) is 5.75 Å². The van der Waals surface area contributed by atoms with Gasteiger partial charge in [0.25, 0.3) is 0 Å². The Morgan fingerprint density at radius 2 is 1.65 bits per heavy atom. The molecule has 3 aromatic rings.